The highest BCUT2D eigenvalue weighted by Gasteiger charge is 2.63. The molecule has 2 aliphatic rings. The second-order valence-corrected chi connectivity index (χ2v) is 9.73. The van der Waals surface area contributed by atoms with E-state index in [0.717, 1.165) is 32.1 Å². The Balaban J connectivity index is 2.53. The van der Waals surface area contributed by atoms with Crippen LogP contribution in [0.1, 0.15) is 93.4 Å². The van der Waals surface area contributed by atoms with E-state index in [1.54, 1.807) is 0 Å². The minimum Gasteiger partial charge on any atom is -0.481 e. The summed E-state index contributed by atoms with van der Waals surface area (Å²) in [7, 11) is 0. The van der Waals surface area contributed by atoms with Gasteiger partial charge in [0.1, 0.15) is 0 Å². The number of carbonyl (C=O) groups is 1. The van der Waals surface area contributed by atoms with Crippen molar-refractivity contribution in [2.75, 3.05) is 0 Å². The molecule has 0 saturated heterocycles. The Bertz CT molecular complexity index is 530. The highest BCUT2D eigenvalue weighted by atomic mass is 16.4. The van der Waals surface area contributed by atoms with Crippen LogP contribution in [0.4, 0.5) is 0 Å². The van der Waals surface area contributed by atoms with Crippen LogP contribution in [0.25, 0.3) is 0 Å². The summed E-state index contributed by atoms with van der Waals surface area (Å²) in [6.45, 7) is 15.9. The van der Waals surface area contributed by atoms with E-state index in [1.165, 1.54) is 24.0 Å². The van der Waals surface area contributed by atoms with Crippen LogP contribution in [0.3, 0.4) is 0 Å². The maximum Gasteiger partial charge on any atom is 0.310 e. The summed E-state index contributed by atoms with van der Waals surface area (Å²) < 4.78 is 0. The first-order valence-corrected chi connectivity index (χ1v) is 9.93. The van der Waals surface area contributed by atoms with Crippen LogP contribution >= 0.6 is 0 Å². The van der Waals surface area contributed by atoms with E-state index < -0.39 is 11.4 Å². The number of aliphatic carboxylic acids is 1. The molecule has 0 bridgehead atoms. The van der Waals surface area contributed by atoms with Crippen molar-refractivity contribution in [2.24, 2.45) is 28.1 Å². The van der Waals surface area contributed by atoms with Gasteiger partial charge in [-0.2, -0.15) is 0 Å². The van der Waals surface area contributed by atoms with Gasteiger partial charge in [-0.05, 0) is 69.6 Å². The summed E-state index contributed by atoms with van der Waals surface area (Å²) >= 11 is 0. The number of carboxylic acid groups (broad SMARTS) is 1. The Hall–Kier alpha value is -0.790. The zero-order valence-electron chi connectivity index (χ0n) is 17.0. The van der Waals surface area contributed by atoms with Gasteiger partial charge in [0.15, 0.2) is 0 Å². The zero-order chi connectivity index (χ0) is 18.3. The number of carboxylic acids is 1. The highest BCUT2D eigenvalue weighted by molar-refractivity contribution is 5.76. The molecule has 1 saturated carbocycles. The average molecular weight is 335 g/mol. The molecule has 0 spiro atoms. The number of fused-ring (bicyclic) bond motifs is 1. The van der Waals surface area contributed by atoms with Crippen molar-refractivity contribution >= 4 is 5.97 Å². The maximum atomic E-state index is 12.4. The summed E-state index contributed by atoms with van der Waals surface area (Å²) in [5.74, 6) is 0.582. The van der Waals surface area contributed by atoms with Crippen LogP contribution in [-0.4, -0.2) is 11.1 Å². The predicted octanol–water partition coefficient (Wildman–Crippen LogP) is 6.46. The Morgan fingerprint density at radius 2 is 1.88 bits per heavy atom. The van der Waals surface area contributed by atoms with Crippen molar-refractivity contribution in [1.29, 1.82) is 0 Å². The van der Waals surface area contributed by atoms with Crippen LogP contribution in [0.2, 0.25) is 0 Å². The van der Waals surface area contributed by atoms with Crippen LogP contribution < -0.4 is 0 Å². The molecule has 2 aliphatic carbocycles. The van der Waals surface area contributed by atoms with Gasteiger partial charge in [0.25, 0.3) is 0 Å². The lowest BCUT2D eigenvalue weighted by Crippen LogP contribution is -2.58. The lowest BCUT2D eigenvalue weighted by molar-refractivity contribution is -0.170. The molecule has 2 nitrogen and oxygen atoms in total. The zero-order valence-corrected chi connectivity index (χ0v) is 17.0. The summed E-state index contributed by atoms with van der Waals surface area (Å²) in [5.41, 5.74) is 2.33. The Labute approximate surface area is 149 Å². The van der Waals surface area contributed by atoms with E-state index in [4.69, 9.17) is 0 Å². The monoisotopic (exact) mass is 334 g/mol. The van der Waals surface area contributed by atoms with Crippen molar-refractivity contribution in [3.63, 3.8) is 0 Å². The highest BCUT2D eigenvalue weighted by Crippen LogP contribution is 2.67. The molecule has 0 radical (unpaired) electrons. The predicted molar refractivity (Wildman–Crippen MR) is 101 cm³/mol. The second kappa shape index (κ2) is 6.50. The first-order chi connectivity index (χ1) is 11.0. The van der Waals surface area contributed by atoms with Crippen LogP contribution in [0.5, 0.6) is 0 Å². The molecule has 0 aromatic carbocycles. The van der Waals surface area contributed by atoms with Crippen molar-refractivity contribution in [2.45, 2.75) is 93.4 Å². The van der Waals surface area contributed by atoms with Crippen molar-refractivity contribution in [3.8, 4) is 0 Å². The van der Waals surface area contributed by atoms with E-state index in [9.17, 15) is 9.90 Å². The third kappa shape index (κ3) is 2.84. The Morgan fingerprint density at radius 3 is 2.42 bits per heavy atom. The van der Waals surface area contributed by atoms with Crippen molar-refractivity contribution in [3.05, 3.63) is 11.1 Å². The lowest BCUT2D eigenvalue weighted by atomic mass is 9.41. The number of rotatable bonds is 5. The van der Waals surface area contributed by atoms with Gasteiger partial charge in [0.2, 0.25) is 0 Å². The standard InChI is InChI=1S/C22H38O2/c1-8-15(2)9-11-17-16(3)10-12-18-20(4,5)13-14-21(6,19(23)24)22(17,18)7/h15,18H,8-14H2,1-7H3,(H,23,24)/t15-,18+,21?,22-/m1/s1. The summed E-state index contributed by atoms with van der Waals surface area (Å²) in [5, 5.41) is 10.2. The molecule has 24 heavy (non-hydrogen) atoms. The van der Waals surface area contributed by atoms with Gasteiger partial charge in [-0.1, -0.05) is 52.2 Å². The first-order valence-electron chi connectivity index (χ1n) is 9.93. The van der Waals surface area contributed by atoms with Gasteiger partial charge in [0, 0.05) is 5.41 Å². The molecule has 4 atom stereocenters. The smallest absolute Gasteiger partial charge is 0.310 e. The Kier molecular flexibility index (Phi) is 5.29. The van der Waals surface area contributed by atoms with Gasteiger partial charge in [-0.15, -0.1) is 0 Å². The summed E-state index contributed by atoms with van der Waals surface area (Å²) in [6, 6.07) is 0. The van der Waals surface area contributed by atoms with Gasteiger partial charge < -0.3 is 5.11 Å². The van der Waals surface area contributed by atoms with Crippen LogP contribution in [0, 0.1) is 28.1 Å². The molecule has 1 N–H and O–H groups in total. The van der Waals surface area contributed by atoms with E-state index in [1.807, 2.05) is 6.92 Å². The molecular formula is C22H38O2. The number of allylic oxidation sites excluding steroid dienone is 2. The molecule has 2 rings (SSSR count). The third-order valence-corrected chi connectivity index (χ3v) is 8.06. The largest absolute Gasteiger partial charge is 0.481 e. The summed E-state index contributed by atoms with van der Waals surface area (Å²) in [6.07, 6.45) is 7.57. The maximum absolute atomic E-state index is 12.4. The summed E-state index contributed by atoms with van der Waals surface area (Å²) in [4.78, 5) is 12.4. The SMILES string of the molecule is CC[C@@H](C)CCC1=C(C)CC[C@H]2C(C)(C)CCC(C)(C(=O)O)[C@]12C. The fourth-order valence-corrected chi connectivity index (χ4v) is 5.75. The molecular weight excluding hydrogens is 296 g/mol. The molecule has 0 aromatic rings. The minimum atomic E-state index is -0.639. The molecule has 1 fully saturated rings. The molecule has 138 valence electrons. The van der Waals surface area contributed by atoms with Gasteiger partial charge in [-0.3, -0.25) is 4.79 Å². The molecule has 0 amide bonds. The van der Waals surface area contributed by atoms with E-state index in [-0.39, 0.29) is 10.8 Å². The second-order valence-electron chi connectivity index (χ2n) is 9.73. The molecule has 2 heteroatoms. The minimum absolute atomic E-state index is 0.212. The molecule has 1 unspecified atom stereocenters. The number of hydrogen-bond acceptors (Lipinski definition) is 1. The first kappa shape index (κ1) is 19.5. The van der Waals surface area contributed by atoms with Crippen LogP contribution in [-0.2, 0) is 4.79 Å². The van der Waals surface area contributed by atoms with E-state index in [2.05, 4.69) is 41.5 Å². The fourth-order valence-electron chi connectivity index (χ4n) is 5.75. The molecule has 0 aromatic heterocycles. The quantitative estimate of drug-likeness (QED) is 0.586. The fraction of sp³-hybridized carbons (Fsp3) is 0.864. The third-order valence-electron chi connectivity index (χ3n) is 8.06. The normalized spacial score (nSPS) is 37.0. The number of hydrogen-bond donors (Lipinski definition) is 1. The van der Waals surface area contributed by atoms with Gasteiger partial charge >= 0.3 is 5.97 Å². The molecule has 0 heterocycles. The molecule has 0 aliphatic heterocycles. The van der Waals surface area contributed by atoms with Crippen LogP contribution in [0.15, 0.2) is 11.1 Å². The van der Waals surface area contributed by atoms with Crippen molar-refractivity contribution in [1.82, 2.24) is 0 Å². The van der Waals surface area contributed by atoms with E-state index in [0.29, 0.717) is 11.8 Å². The Morgan fingerprint density at radius 1 is 1.25 bits per heavy atom. The van der Waals surface area contributed by atoms with E-state index >= 15 is 0 Å². The van der Waals surface area contributed by atoms with Gasteiger partial charge in [-0.25, -0.2) is 0 Å². The van der Waals surface area contributed by atoms with Crippen molar-refractivity contribution < 1.29 is 9.90 Å². The average Bonchev–Trinajstić information content (AvgIpc) is 2.50. The topological polar surface area (TPSA) is 37.3 Å². The lowest BCUT2D eigenvalue weighted by Gasteiger charge is -2.62. The van der Waals surface area contributed by atoms with Gasteiger partial charge in [0.05, 0.1) is 5.41 Å².